The third-order valence-electron chi connectivity index (χ3n) is 3.03. The van der Waals surface area contributed by atoms with Crippen LogP contribution >= 0.6 is 0 Å². The topological polar surface area (TPSA) is 102 Å². The summed E-state index contributed by atoms with van der Waals surface area (Å²) in [6.07, 6.45) is 1.17. The third-order valence-corrected chi connectivity index (χ3v) is 3.03. The minimum atomic E-state index is -1.47. The van der Waals surface area contributed by atoms with Gasteiger partial charge in [-0.05, 0) is 30.7 Å². The van der Waals surface area contributed by atoms with Crippen molar-refractivity contribution in [1.82, 2.24) is 9.13 Å². The summed E-state index contributed by atoms with van der Waals surface area (Å²) in [7, 11) is 0. The van der Waals surface area contributed by atoms with E-state index >= 15 is 0 Å². The average molecular weight is 308 g/mol. The number of aliphatic hydroxyl groups is 1. The van der Waals surface area contributed by atoms with Gasteiger partial charge in [-0.3, -0.25) is 9.36 Å². The van der Waals surface area contributed by atoms with Crippen molar-refractivity contribution in [3.8, 4) is 5.69 Å². The van der Waals surface area contributed by atoms with Gasteiger partial charge >= 0.3 is 11.7 Å². The molecule has 7 nitrogen and oxygen atoms in total. The fourth-order valence-corrected chi connectivity index (χ4v) is 1.97. The number of aliphatic hydroxyl groups excluding tert-OH is 1. The number of aromatic nitrogens is 2. The van der Waals surface area contributed by atoms with E-state index < -0.39 is 28.6 Å². The Morgan fingerprint density at radius 1 is 1.18 bits per heavy atom. The molecule has 0 atom stereocenters. The smallest absolute Gasteiger partial charge is 0.342 e. The number of halogens is 1. The standard InChI is InChI=1S/C14H13FN2O5/c15-9-2-4-10(5-3-9)17-12(19)11(13(20)21)8-16(14(17)22)6-1-7-18/h2-5,8,18H,1,6-7H2,(H,20,21). The van der Waals surface area contributed by atoms with Gasteiger partial charge in [0.15, 0.2) is 0 Å². The minimum absolute atomic E-state index is 0.0527. The van der Waals surface area contributed by atoms with Gasteiger partial charge in [0.2, 0.25) is 0 Å². The van der Waals surface area contributed by atoms with Gasteiger partial charge in [0, 0.05) is 19.3 Å². The van der Waals surface area contributed by atoms with Crippen LogP contribution in [0.15, 0.2) is 40.1 Å². The summed E-state index contributed by atoms with van der Waals surface area (Å²) in [4.78, 5) is 35.6. The fraction of sp³-hybridized carbons (Fsp3) is 0.214. The summed E-state index contributed by atoms with van der Waals surface area (Å²) in [5.41, 5.74) is -2.27. The van der Waals surface area contributed by atoms with Gasteiger partial charge in [-0.15, -0.1) is 0 Å². The molecule has 0 unspecified atom stereocenters. The van der Waals surface area contributed by atoms with Gasteiger partial charge < -0.3 is 10.2 Å². The Labute approximate surface area is 123 Å². The summed E-state index contributed by atoms with van der Waals surface area (Å²) in [6, 6.07) is 4.54. The first-order valence-electron chi connectivity index (χ1n) is 6.42. The Bertz CT molecular complexity index is 807. The van der Waals surface area contributed by atoms with Gasteiger partial charge in [0.05, 0.1) is 5.69 Å². The second-order valence-electron chi connectivity index (χ2n) is 4.52. The van der Waals surface area contributed by atoms with Crippen LogP contribution in [0.4, 0.5) is 4.39 Å². The predicted molar refractivity (Wildman–Crippen MR) is 74.9 cm³/mol. The third kappa shape index (κ3) is 2.96. The van der Waals surface area contributed by atoms with Crippen LogP contribution in [0.2, 0.25) is 0 Å². The number of aryl methyl sites for hydroxylation is 1. The van der Waals surface area contributed by atoms with Crippen LogP contribution in [0.1, 0.15) is 16.8 Å². The number of nitrogens with zero attached hydrogens (tertiary/aromatic N) is 2. The van der Waals surface area contributed by atoms with Crippen molar-refractivity contribution in [2.75, 3.05) is 6.61 Å². The summed E-state index contributed by atoms with van der Waals surface area (Å²) in [6.45, 7) is -0.137. The van der Waals surface area contributed by atoms with E-state index in [2.05, 4.69) is 0 Å². The van der Waals surface area contributed by atoms with Crippen molar-refractivity contribution in [3.05, 3.63) is 62.7 Å². The van der Waals surface area contributed by atoms with Crippen LogP contribution in [0.5, 0.6) is 0 Å². The highest BCUT2D eigenvalue weighted by molar-refractivity contribution is 5.86. The van der Waals surface area contributed by atoms with Crippen molar-refractivity contribution >= 4 is 5.97 Å². The molecule has 0 bridgehead atoms. The lowest BCUT2D eigenvalue weighted by Crippen LogP contribution is -2.41. The highest BCUT2D eigenvalue weighted by Crippen LogP contribution is 2.05. The van der Waals surface area contributed by atoms with Gasteiger partial charge in [-0.25, -0.2) is 18.5 Å². The molecule has 0 saturated heterocycles. The van der Waals surface area contributed by atoms with Crippen LogP contribution in [-0.2, 0) is 6.54 Å². The number of rotatable bonds is 5. The zero-order valence-electron chi connectivity index (χ0n) is 11.4. The monoisotopic (exact) mass is 308 g/mol. The van der Waals surface area contributed by atoms with Gasteiger partial charge in [-0.1, -0.05) is 0 Å². The molecule has 2 aromatic rings. The summed E-state index contributed by atoms with van der Waals surface area (Å²) in [5, 5.41) is 17.9. The Hall–Kier alpha value is -2.74. The first kappa shape index (κ1) is 15.6. The normalized spacial score (nSPS) is 10.6. The fourth-order valence-electron chi connectivity index (χ4n) is 1.97. The maximum absolute atomic E-state index is 13.0. The van der Waals surface area contributed by atoms with Gasteiger partial charge in [0.25, 0.3) is 5.56 Å². The van der Waals surface area contributed by atoms with E-state index in [-0.39, 0.29) is 25.3 Å². The molecular formula is C14H13FN2O5. The highest BCUT2D eigenvalue weighted by Gasteiger charge is 2.17. The molecule has 1 heterocycles. The number of carbonyl (C=O) groups is 1. The maximum Gasteiger partial charge on any atom is 0.342 e. The quantitative estimate of drug-likeness (QED) is 0.822. The van der Waals surface area contributed by atoms with E-state index in [4.69, 9.17) is 10.2 Å². The van der Waals surface area contributed by atoms with Gasteiger partial charge in [-0.2, -0.15) is 0 Å². The summed E-state index contributed by atoms with van der Waals surface area (Å²) in [5.74, 6) is -2.02. The number of carboxylic acids is 1. The molecule has 0 aliphatic rings. The van der Waals surface area contributed by atoms with Crippen LogP contribution in [0, 0.1) is 5.82 Å². The van der Waals surface area contributed by atoms with Gasteiger partial charge in [0.1, 0.15) is 11.4 Å². The zero-order valence-corrected chi connectivity index (χ0v) is 11.4. The van der Waals surface area contributed by atoms with E-state index in [9.17, 15) is 18.8 Å². The van der Waals surface area contributed by atoms with Crippen molar-refractivity contribution in [1.29, 1.82) is 0 Å². The zero-order chi connectivity index (χ0) is 16.3. The summed E-state index contributed by atoms with van der Waals surface area (Å²) >= 11 is 0. The molecule has 116 valence electrons. The van der Waals surface area contributed by atoms with Crippen LogP contribution in [-0.4, -0.2) is 31.9 Å². The number of aromatic carboxylic acids is 1. The van der Waals surface area contributed by atoms with Crippen LogP contribution < -0.4 is 11.2 Å². The Balaban J connectivity index is 2.72. The lowest BCUT2D eigenvalue weighted by Gasteiger charge is -2.11. The number of hydrogen-bond acceptors (Lipinski definition) is 4. The largest absolute Gasteiger partial charge is 0.477 e. The second kappa shape index (κ2) is 6.35. The van der Waals surface area contributed by atoms with Crippen LogP contribution in [0.3, 0.4) is 0 Å². The molecule has 0 spiro atoms. The molecule has 8 heteroatoms. The molecule has 2 N–H and O–H groups in total. The maximum atomic E-state index is 13.0. The lowest BCUT2D eigenvalue weighted by atomic mass is 10.2. The van der Waals surface area contributed by atoms with E-state index in [0.717, 1.165) is 22.9 Å². The molecule has 22 heavy (non-hydrogen) atoms. The number of benzene rings is 1. The molecule has 1 aromatic heterocycles. The van der Waals surface area contributed by atoms with Crippen molar-refractivity contribution in [2.24, 2.45) is 0 Å². The van der Waals surface area contributed by atoms with E-state index in [1.54, 1.807) is 0 Å². The Morgan fingerprint density at radius 3 is 2.36 bits per heavy atom. The van der Waals surface area contributed by atoms with Crippen LogP contribution in [0.25, 0.3) is 5.69 Å². The molecular weight excluding hydrogens is 295 g/mol. The molecule has 0 radical (unpaired) electrons. The lowest BCUT2D eigenvalue weighted by molar-refractivity contribution is 0.0693. The number of hydrogen-bond donors (Lipinski definition) is 2. The molecule has 0 aliphatic heterocycles. The van der Waals surface area contributed by atoms with E-state index in [0.29, 0.717) is 4.57 Å². The Morgan fingerprint density at radius 2 is 1.82 bits per heavy atom. The first-order chi connectivity index (χ1) is 10.5. The van der Waals surface area contributed by atoms with E-state index in [1.165, 1.54) is 12.1 Å². The van der Waals surface area contributed by atoms with Crippen molar-refractivity contribution in [2.45, 2.75) is 13.0 Å². The molecule has 1 aromatic carbocycles. The molecule has 0 saturated carbocycles. The molecule has 0 amide bonds. The predicted octanol–water partition coefficient (Wildman–Crippen LogP) is 0.219. The minimum Gasteiger partial charge on any atom is -0.477 e. The first-order valence-corrected chi connectivity index (χ1v) is 6.42. The SMILES string of the molecule is O=C(O)c1cn(CCCO)c(=O)n(-c2ccc(F)cc2)c1=O. The average Bonchev–Trinajstić information content (AvgIpc) is 2.48. The highest BCUT2D eigenvalue weighted by atomic mass is 19.1. The molecule has 0 fully saturated rings. The molecule has 2 rings (SSSR count). The number of carboxylic acid groups (broad SMARTS) is 1. The van der Waals surface area contributed by atoms with Crippen molar-refractivity contribution in [3.63, 3.8) is 0 Å². The second-order valence-corrected chi connectivity index (χ2v) is 4.52. The van der Waals surface area contributed by atoms with E-state index in [1.807, 2.05) is 0 Å². The van der Waals surface area contributed by atoms with Crippen molar-refractivity contribution < 1.29 is 19.4 Å². The Kier molecular flexibility index (Phi) is 4.52. The molecule has 0 aliphatic carbocycles. The summed E-state index contributed by atoms with van der Waals surface area (Å²) < 4.78 is 14.7.